The van der Waals surface area contributed by atoms with E-state index >= 15 is 0 Å². The Morgan fingerprint density at radius 1 is 1.00 bits per heavy atom. The number of hydrogen-bond donors (Lipinski definition) is 1. The predicted molar refractivity (Wildman–Crippen MR) is 123 cm³/mol. The fourth-order valence-corrected chi connectivity index (χ4v) is 4.17. The summed E-state index contributed by atoms with van der Waals surface area (Å²) in [5.74, 6) is -4.56. The molecule has 0 saturated heterocycles. The van der Waals surface area contributed by atoms with Gasteiger partial charge in [0.05, 0.1) is 18.3 Å². The summed E-state index contributed by atoms with van der Waals surface area (Å²) in [5.41, 5.74) is 0.840. The molecule has 1 atom stereocenters. The largest absolute Gasteiger partial charge is 0.348 e. The smallest absolute Gasteiger partial charge is 0.325 e. The van der Waals surface area contributed by atoms with E-state index in [1.54, 1.807) is 13.1 Å². The van der Waals surface area contributed by atoms with Crippen LogP contribution in [0.3, 0.4) is 0 Å². The van der Waals surface area contributed by atoms with Crippen LogP contribution in [0, 0.1) is 23.3 Å². The summed E-state index contributed by atoms with van der Waals surface area (Å²) < 4.78 is 55.4. The SMILES string of the molecule is C[C@@H]1c2ccc(C(=O)NCc3c(F)cc(F)cc3F)cc2N(Cc2c(F)cccc2Cl)C(=O)N1C. The fourth-order valence-electron chi connectivity index (χ4n) is 3.95. The number of halogens is 5. The highest BCUT2D eigenvalue weighted by molar-refractivity contribution is 6.31. The lowest BCUT2D eigenvalue weighted by Crippen LogP contribution is -2.46. The van der Waals surface area contributed by atoms with Crippen LogP contribution in [0.4, 0.5) is 28.0 Å². The van der Waals surface area contributed by atoms with Crippen LogP contribution in [0.2, 0.25) is 5.02 Å². The van der Waals surface area contributed by atoms with E-state index in [2.05, 4.69) is 5.32 Å². The summed E-state index contributed by atoms with van der Waals surface area (Å²) >= 11 is 6.16. The highest BCUT2D eigenvalue weighted by atomic mass is 35.5. The highest BCUT2D eigenvalue weighted by Gasteiger charge is 2.34. The van der Waals surface area contributed by atoms with E-state index < -0.39 is 47.3 Å². The minimum Gasteiger partial charge on any atom is -0.348 e. The second-order valence-corrected chi connectivity index (χ2v) is 8.57. The van der Waals surface area contributed by atoms with Crippen molar-refractivity contribution in [3.63, 3.8) is 0 Å². The average Bonchev–Trinajstić information content (AvgIpc) is 2.80. The van der Waals surface area contributed by atoms with E-state index in [-0.39, 0.29) is 28.7 Å². The fraction of sp³-hybridized carbons (Fsp3) is 0.200. The summed E-state index contributed by atoms with van der Waals surface area (Å²) in [6.07, 6.45) is 0. The lowest BCUT2D eigenvalue weighted by Gasteiger charge is -2.39. The van der Waals surface area contributed by atoms with Crippen LogP contribution in [0.5, 0.6) is 0 Å². The number of nitrogens with zero attached hydrogens (tertiary/aromatic N) is 2. The maximum atomic E-state index is 14.5. The molecule has 1 aliphatic heterocycles. The Bertz CT molecular complexity index is 1290. The Morgan fingerprint density at radius 3 is 2.34 bits per heavy atom. The third-order valence-electron chi connectivity index (χ3n) is 6.06. The van der Waals surface area contributed by atoms with Gasteiger partial charge in [0.25, 0.3) is 5.91 Å². The Kier molecular flexibility index (Phi) is 6.71. The number of fused-ring (bicyclic) bond motifs is 1. The number of urea groups is 1. The molecule has 35 heavy (non-hydrogen) atoms. The molecule has 5 nitrogen and oxygen atoms in total. The summed E-state index contributed by atoms with van der Waals surface area (Å²) in [7, 11) is 1.61. The summed E-state index contributed by atoms with van der Waals surface area (Å²) in [6, 6.07) is 9.14. The van der Waals surface area contributed by atoms with Gasteiger partial charge in [-0.05, 0) is 36.8 Å². The van der Waals surface area contributed by atoms with Gasteiger partial charge < -0.3 is 10.2 Å². The molecule has 0 spiro atoms. The highest BCUT2D eigenvalue weighted by Crippen LogP contribution is 2.38. The normalized spacial score (nSPS) is 15.3. The van der Waals surface area contributed by atoms with E-state index in [0.29, 0.717) is 23.4 Å². The number of carbonyl (C=O) groups is 2. The second-order valence-electron chi connectivity index (χ2n) is 8.16. The molecule has 0 unspecified atom stereocenters. The number of nitrogens with one attached hydrogen (secondary N) is 1. The lowest BCUT2D eigenvalue weighted by atomic mass is 9.98. The molecule has 3 aromatic rings. The maximum Gasteiger partial charge on any atom is 0.325 e. The molecule has 0 aliphatic carbocycles. The molecular weight excluding hydrogens is 486 g/mol. The first-order valence-electron chi connectivity index (χ1n) is 10.6. The van der Waals surface area contributed by atoms with Gasteiger partial charge in [0.1, 0.15) is 23.3 Å². The number of benzene rings is 3. The van der Waals surface area contributed by atoms with Crippen LogP contribution in [0.1, 0.15) is 40.0 Å². The van der Waals surface area contributed by atoms with Gasteiger partial charge in [-0.1, -0.05) is 23.7 Å². The zero-order chi connectivity index (χ0) is 25.4. The predicted octanol–water partition coefficient (Wildman–Crippen LogP) is 5.96. The van der Waals surface area contributed by atoms with Gasteiger partial charge in [0.15, 0.2) is 0 Å². The molecule has 0 saturated carbocycles. The van der Waals surface area contributed by atoms with Crippen LogP contribution < -0.4 is 10.2 Å². The number of hydrogen-bond acceptors (Lipinski definition) is 2. The third kappa shape index (κ3) is 4.68. The number of carbonyl (C=O) groups excluding carboxylic acids is 2. The summed E-state index contributed by atoms with van der Waals surface area (Å²) in [4.78, 5) is 28.7. The van der Waals surface area contributed by atoms with Crippen LogP contribution >= 0.6 is 11.6 Å². The Hall–Kier alpha value is -3.59. The van der Waals surface area contributed by atoms with Crippen molar-refractivity contribution in [1.82, 2.24) is 10.2 Å². The van der Waals surface area contributed by atoms with Gasteiger partial charge in [-0.15, -0.1) is 0 Å². The van der Waals surface area contributed by atoms with Gasteiger partial charge in [-0.3, -0.25) is 9.69 Å². The van der Waals surface area contributed by atoms with Gasteiger partial charge in [0, 0.05) is 47.4 Å². The Morgan fingerprint density at radius 2 is 1.69 bits per heavy atom. The molecule has 0 aromatic heterocycles. The van der Waals surface area contributed by atoms with Crippen molar-refractivity contribution in [1.29, 1.82) is 0 Å². The summed E-state index contributed by atoms with van der Waals surface area (Å²) in [6.45, 7) is 1.12. The molecule has 1 heterocycles. The van der Waals surface area contributed by atoms with Crippen LogP contribution in [0.15, 0.2) is 48.5 Å². The molecule has 182 valence electrons. The monoisotopic (exact) mass is 505 g/mol. The van der Waals surface area contributed by atoms with E-state index in [4.69, 9.17) is 11.6 Å². The van der Waals surface area contributed by atoms with Crippen molar-refractivity contribution >= 4 is 29.2 Å². The topological polar surface area (TPSA) is 52.7 Å². The quantitative estimate of drug-likeness (QED) is 0.435. The van der Waals surface area contributed by atoms with Crippen LogP contribution in [0.25, 0.3) is 0 Å². The summed E-state index contributed by atoms with van der Waals surface area (Å²) in [5, 5.41) is 2.55. The van der Waals surface area contributed by atoms with E-state index in [1.165, 1.54) is 40.1 Å². The minimum absolute atomic E-state index is 0.112. The molecule has 10 heteroatoms. The van der Waals surface area contributed by atoms with E-state index in [0.717, 1.165) is 0 Å². The lowest BCUT2D eigenvalue weighted by molar-refractivity contribution is 0.0950. The van der Waals surface area contributed by atoms with Gasteiger partial charge >= 0.3 is 6.03 Å². The average molecular weight is 506 g/mol. The number of amides is 3. The second kappa shape index (κ2) is 9.58. The minimum atomic E-state index is -1.12. The Balaban J connectivity index is 1.65. The zero-order valence-corrected chi connectivity index (χ0v) is 19.5. The molecule has 0 radical (unpaired) electrons. The molecule has 3 amide bonds. The first-order valence-corrected chi connectivity index (χ1v) is 11.0. The van der Waals surface area contributed by atoms with Crippen LogP contribution in [-0.4, -0.2) is 23.9 Å². The van der Waals surface area contributed by atoms with Crippen LogP contribution in [-0.2, 0) is 13.1 Å². The number of anilines is 1. The van der Waals surface area contributed by atoms with Gasteiger partial charge in [-0.25, -0.2) is 22.4 Å². The van der Waals surface area contributed by atoms with Gasteiger partial charge in [0.2, 0.25) is 0 Å². The molecule has 1 N–H and O–H groups in total. The van der Waals surface area contributed by atoms with E-state index in [9.17, 15) is 27.2 Å². The molecule has 0 fully saturated rings. The third-order valence-corrected chi connectivity index (χ3v) is 6.41. The molecular formula is C25H20ClF4N3O2. The molecule has 4 rings (SSSR count). The van der Waals surface area contributed by atoms with Crippen molar-refractivity contribution in [3.8, 4) is 0 Å². The van der Waals surface area contributed by atoms with Crippen molar-refractivity contribution in [2.75, 3.05) is 11.9 Å². The number of rotatable bonds is 5. The van der Waals surface area contributed by atoms with Gasteiger partial charge in [-0.2, -0.15) is 0 Å². The molecule has 0 bridgehead atoms. The Labute approximate surface area is 203 Å². The zero-order valence-electron chi connectivity index (χ0n) is 18.7. The van der Waals surface area contributed by atoms with Crippen molar-refractivity contribution in [2.45, 2.75) is 26.1 Å². The first kappa shape index (κ1) is 24.5. The standard InChI is InChI=1S/C25H20ClF4N3O2/c1-13-16-7-6-14(24(34)31-11-17-21(29)9-15(27)10-22(17)30)8-23(16)33(25(35)32(13)2)12-18-19(26)4-3-5-20(18)28/h3-10,13H,11-12H2,1-2H3,(H,31,34)/t13-/m1/s1. The van der Waals surface area contributed by atoms with E-state index in [1.807, 2.05) is 6.92 Å². The van der Waals surface area contributed by atoms with Crippen molar-refractivity contribution in [3.05, 3.63) is 99.1 Å². The maximum absolute atomic E-state index is 14.5. The van der Waals surface area contributed by atoms with Crippen molar-refractivity contribution in [2.24, 2.45) is 0 Å². The van der Waals surface area contributed by atoms with Crippen molar-refractivity contribution < 1.29 is 27.2 Å². The molecule has 3 aromatic carbocycles. The first-order chi connectivity index (χ1) is 16.6. The molecule has 1 aliphatic rings.